The predicted molar refractivity (Wildman–Crippen MR) is 201 cm³/mol. The molecule has 0 bridgehead atoms. The van der Waals surface area contributed by atoms with Gasteiger partial charge in [-0.1, -0.05) is 146 Å². The van der Waals surface area contributed by atoms with Crippen molar-refractivity contribution >= 4 is 21.9 Å². The minimum atomic E-state index is 0.150. The number of phenolic OH excluding ortho intramolecular Hbond substituents is 1. The van der Waals surface area contributed by atoms with E-state index in [2.05, 4.69) is 54.6 Å². The Balaban J connectivity index is 1.13. The van der Waals surface area contributed by atoms with Crippen molar-refractivity contribution in [3.63, 3.8) is 0 Å². The third-order valence-electron chi connectivity index (χ3n) is 9.08. The van der Waals surface area contributed by atoms with Crippen LogP contribution < -0.4 is 0 Å². The largest absolute Gasteiger partial charge is 0.507 e. The first-order chi connectivity index (χ1) is 24.7. The Labute approximate surface area is 288 Å². The van der Waals surface area contributed by atoms with Crippen LogP contribution in [0.4, 0.5) is 0 Å². The number of phenols is 1. The number of hydrogen-bond donors (Lipinski definition) is 1. The van der Waals surface area contributed by atoms with E-state index in [4.69, 9.17) is 19.4 Å². The molecule has 0 aliphatic heterocycles. The molecule has 5 heteroatoms. The van der Waals surface area contributed by atoms with Crippen LogP contribution in [-0.4, -0.2) is 20.1 Å². The summed E-state index contributed by atoms with van der Waals surface area (Å²) >= 11 is 0. The van der Waals surface area contributed by atoms with Gasteiger partial charge in [0.1, 0.15) is 16.9 Å². The highest BCUT2D eigenvalue weighted by Gasteiger charge is 2.18. The fourth-order valence-electron chi connectivity index (χ4n) is 6.55. The van der Waals surface area contributed by atoms with Gasteiger partial charge in [0.15, 0.2) is 17.5 Å². The van der Waals surface area contributed by atoms with Crippen molar-refractivity contribution in [2.24, 2.45) is 0 Å². The Bertz CT molecular complexity index is 2630. The summed E-state index contributed by atoms with van der Waals surface area (Å²) in [6.07, 6.45) is 0. The van der Waals surface area contributed by atoms with Crippen molar-refractivity contribution in [3.05, 3.63) is 170 Å². The van der Waals surface area contributed by atoms with Crippen LogP contribution in [0.25, 0.3) is 89.5 Å². The van der Waals surface area contributed by atoms with Gasteiger partial charge in [-0.25, -0.2) is 15.0 Å². The molecule has 9 rings (SSSR count). The molecule has 0 aliphatic carbocycles. The van der Waals surface area contributed by atoms with Gasteiger partial charge in [-0.2, -0.15) is 0 Å². The van der Waals surface area contributed by atoms with E-state index in [0.717, 1.165) is 60.9 Å². The maximum atomic E-state index is 11.3. The van der Waals surface area contributed by atoms with Crippen LogP contribution in [-0.2, 0) is 0 Å². The molecule has 236 valence electrons. The summed E-state index contributed by atoms with van der Waals surface area (Å²) in [6, 6.07) is 56.5. The fourth-order valence-corrected chi connectivity index (χ4v) is 6.55. The minimum absolute atomic E-state index is 0.150. The van der Waals surface area contributed by atoms with Gasteiger partial charge >= 0.3 is 0 Å². The first-order valence-electron chi connectivity index (χ1n) is 16.5. The molecule has 0 amide bonds. The molecule has 2 heterocycles. The predicted octanol–water partition coefficient (Wildman–Crippen LogP) is 11.5. The quantitative estimate of drug-likeness (QED) is 0.195. The zero-order valence-electron chi connectivity index (χ0n) is 26.9. The lowest BCUT2D eigenvalue weighted by Gasteiger charge is -2.14. The molecule has 0 atom stereocenters. The SMILES string of the molecule is Oc1cccc(-c2nc(-c3ccccc3)nc(-c3ccc(-c4ccccc4)cc3)n2)c1-c1ccc(-c2ccc3oc4ccccc4c3c2)cc1. The Morgan fingerprint density at radius 1 is 0.360 bits per heavy atom. The Kier molecular flexibility index (Phi) is 7.21. The third kappa shape index (κ3) is 5.37. The Hall–Kier alpha value is -6.85. The van der Waals surface area contributed by atoms with Crippen molar-refractivity contribution in [1.29, 1.82) is 0 Å². The summed E-state index contributed by atoms with van der Waals surface area (Å²) in [6.45, 7) is 0. The first-order valence-corrected chi connectivity index (χ1v) is 16.5. The molecule has 0 fully saturated rings. The molecule has 7 aromatic carbocycles. The van der Waals surface area contributed by atoms with Crippen LogP contribution in [0.15, 0.2) is 174 Å². The molecule has 9 aromatic rings. The van der Waals surface area contributed by atoms with Crippen LogP contribution in [0.3, 0.4) is 0 Å². The highest BCUT2D eigenvalue weighted by atomic mass is 16.3. The molecular formula is C45H29N3O2. The molecule has 0 unspecified atom stereocenters. The first kappa shape index (κ1) is 29.3. The molecular weight excluding hydrogens is 615 g/mol. The van der Waals surface area contributed by atoms with E-state index in [9.17, 15) is 5.11 Å². The van der Waals surface area contributed by atoms with E-state index >= 15 is 0 Å². The number of aromatic nitrogens is 3. The Morgan fingerprint density at radius 3 is 1.58 bits per heavy atom. The minimum Gasteiger partial charge on any atom is -0.507 e. The number of hydrogen-bond acceptors (Lipinski definition) is 5. The van der Waals surface area contributed by atoms with Crippen molar-refractivity contribution in [3.8, 4) is 73.3 Å². The van der Waals surface area contributed by atoms with Gasteiger partial charge in [-0.3, -0.25) is 0 Å². The lowest BCUT2D eigenvalue weighted by Crippen LogP contribution is -2.01. The number of rotatable bonds is 6. The maximum absolute atomic E-state index is 11.3. The van der Waals surface area contributed by atoms with Crippen LogP contribution in [0, 0.1) is 0 Å². The summed E-state index contributed by atoms with van der Waals surface area (Å²) in [5, 5.41) is 13.5. The summed E-state index contributed by atoms with van der Waals surface area (Å²) < 4.78 is 6.04. The van der Waals surface area contributed by atoms with Crippen molar-refractivity contribution in [1.82, 2.24) is 15.0 Å². The van der Waals surface area contributed by atoms with E-state index in [0.29, 0.717) is 28.6 Å². The number of benzene rings is 7. The van der Waals surface area contributed by atoms with Crippen molar-refractivity contribution in [2.45, 2.75) is 0 Å². The third-order valence-corrected chi connectivity index (χ3v) is 9.08. The maximum Gasteiger partial charge on any atom is 0.164 e. The Morgan fingerprint density at radius 2 is 0.860 bits per heavy atom. The lowest BCUT2D eigenvalue weighted by atomic mass is 9.95. The smallest absolute Gasteiger partial charge is 0.164 e. The topological polar surface area (TPSA) is 72.0 Å². The molecule has 1 N–H and O–H groups in total. The summed E-state index contributed by atoms with van der Waals surface area (Å²) in [4.78, 5) is 14.9. The molecule has 0 saturated heterocycles. The molecule has 50 heavy (non-hydrogen) atoms. The zero-order chi connectivity index (χ0) is 33.4. The van der Waals surface area contributed by atoms with Gasteiger partial charge in [0.25, 0.3) is 0 Å². The number of para-hydroxylation sites is 1. The second-order valence-corrected chi connectivity index (χ2v) is 12.2. The van der Waals surface area contributed by atoms with Gasteiger partial charge < -0.3 is 9.52 Å². The van der Waals surface area contributed by atoms with Gasteiger partial charge in [0, 0.05) is 33.0 Å². The number of furan rings is 1. The van der Waals surface area contributed by atoms with E-state index in [1.807, 2.05) is 109 Å². The van der Waals surface area contributed by atoms with E-state index in [1.54, 1.807) is 6.07 Å². The average Bonchev–Trinajstić information content (AvgIpc) is 3.56. The van der Waals surface area contributed by atoms with Gasteiger partial charge in [-0.05, 0) is 52.1 Å². The standard InChI is InChI=1S/C45H29N3O2/c49-39-16-9-15-37(42(39)32-22-18-31(19-23-32)35-26-27-41-38(28-35)36-14-7-8-17-40(36)50-41)45-47-43(33-12-5-2-6-13-33)46-44(48-45)34-24-20-30(21-25-34)29-10-3-1-4-11-29/h1-28,49H. The van der Waals surface area contributed by atoms with Gasteiger partial charge in [-0.15, -0.1) is 0 Å². The van der Waals surface area contributed by atoms with Crippen LogP contribution in [0.1, 0.15) is 0 Å². The van der Waals surface area contributed by atoms with Crippen molar-refractivity contribution < 1.29 is 9.52 Å². The second-order valence-electron chi connectivity index (χ2n) is 12.2. The summed E-state index contributed by atoms with van der Waals surface area (Å²) in [5.41, 5.74) is 10.1. The summed E-state index contributed by atoms with van der Waals surface area (Å²) in [7, 11) is 0. The average molecular weight is 644 g/mol. The molecule has 0 spiro atoms. The fraction of sp³-hybridized carbons (Fsp3) is 0. The van der Waals surface area contributed by atoms with E-state index in [1.165, 1.54) is 0 Å². The molecule has 0 saturated carbocycles. The highest BCUT2D eigenvalue weighted by molar-refractivity contribution is 6.06. The van der Waals surface area contributed by atoms with Gasteiger partial charge in [0.2, 0.25) is 0 Å². The molecule has 0 radical (unpaired) electrons. The van der Waals surface area contributed by atoms with Gasteiger partial charge in [0.05, 0.1) is 0 Å². The second kappa shape index (κ2) is 12.3. The monoisotopic (exact) mass is 643 g/mol. The normalized spacial score (nSPS) is 11.3. The van der Waals surface area contributed by atoms with E-state index < -0.39 is 0 Å². The van der Waals surface area contributed by atoms with Crippen molar-refractivity contribution in [2.75, 3.05) is 0 Å². The van der Waals surface area contributed by atoms with Crippen LogP contribution in [0.2, 0.25) is 0 Å². The van der Waals surface area contributed by atoms with E-state index in [-0.39, 0.29) is 5.75 Å². The molecule has 5 nitrogen and oxygen atoms in total. The number of fused-ring (bicyclic) bond motifs is 3. The number of aromatic hydroxyl groups is 1. The van der Waals surface area contributed by atoms with Crippen LogP contribution >= 0.6 is 0 Å². The summed E-state index contributed by atoms with van der Waals surface area (Å²) in [5.74, 6) is 1.75. The zero-order valence-corrected chi connectivity index (χ0v) is 26.9. The van der Waals surface area contributed by atoms with Crippen LogP contribution in [0.5, 0.6) is 5.75 Å². The molecule has 0 aliphatic rings. The molecule has 2 aromatic heterocycles. The highest BCUT2D eigenvalue weighted by Crippen LogP contribution is 2.40. The number of nitrogens with zero attached hydrogens (tertiary/aromatic N) is 3. The lowest BCUT2D eigenvalue weighted by molar-refractivity contribution is 0.477.